The zero-order chi connectivity index (χ0) is 27.5. The number of benzene rings is 2. The number of rotatable bonds is 10. The minimum absolute atomic E-state index is 0.160. The molecule has 0 bridgehead atoms. The highest BCUT2D eigenvalue weighted by Crippen LogP contribution is 2.15. The van der Waals surface area contributed by atoms with Gasteiger partial charge in [-0.25, -0.2) is 0 Å². The van der Waals surface area contributed by atoms with E-state index < -0.39 is 5.91 Å². The first-order valence-corrected chi connectivity index (χ1v) is 12.6. The third kappa shape index (κ3) is 7.40. The van der Waals surface area contributed by atoms with Crippen LogP contribution in [0.1, 0.15) is 12.5 Å². The Morgan fingerprint density at radius 1 is 1.11 bits per heavy atom. The lowest BCUT2D eigenvalue weighted by Crippen LogP contribution is -2.34. The fourth-order valence-corrected chi connectivity index (χ4v) is 4.72. The molecule has 11 heteroatoms. The number of nitriles is 2. The molecule has 1 heterocycles. The monoisotopic (exact) mass is 529 g/mol. The van der Waals surface area contributed by atoms with Crippen molar-refractivity contribution in [3.63, 3.8) is 0 Å². The van der Waals surface area contributed by atoms with Crippen molar-refractivity contribution in [1.29, 1.82) is 10.5 Å². The minimum atomic E-state index is -0.713. The van der Waals surface area contributed by atoms with Crippen LogP contribution in [0.15, 0.2) is 59.4 Å². The smallest absolute Gasteiger partial charge is 0.270 e. The number of nitrogens with zero attached hydrogens (tertiary/aromatic N) is 4. The van der Waals surface area contributed by atoms with Gasteiger partial charge in [-0.2, -0.15) is 10.5 Å². The first-order valence-electron chi connectivity index (χ1n) is 11.7. The molecule has 2 aromatic carbocycles. The van der Waals surface area contributed by atoms with Gasteiger partial charge in [0.1, 0.15) is 21.8 Å². The van der Waals surface area contributed by atoms with Gasteiger partial charge < -0.3 is 16.0 Å². The summed E-state index contributed by atoms with van der Waals surface area (Å²) in [4.78, 5) is 39.6. The lowest BCUT2D eigenvalue weighted by Gasteiger charge is -2.16. The van der Waals surface area contributed by atoms with Gasteiger partial charge in [0.25, 0.3) is 11.5 Å². The molecule has 0 spiro atoms. The van der Waals surface area contributed by atoms with E-state index in [1.54, 1.807) is 37.3 Å². The van der Waals surface area contributed by atoms with E-state index in [9.17, 15) is 19.6 Å². The maximum absolute atomic E-state index is 12.9. The van der Waals surface area contributed by atoms with Crippen LogP contribution in [0.3, 0.4) is 0 Å². The van der Waals surface area contributed by atoms with Gasteiger partial charge in [0, 0.05) is 30.7 Å². The van der Waals surface area contributed by atoms with Crippen LogP contribution in [-0.2, 0) is 22.7 Å². The maximum atomic E-state index is 12.9. The second-order valence-corrected chi connectivity index (χ2v) is 9.25. The third-order valence-corrected chi connectivity index (χ3v) is 6.46. The van der Waals surface area contributed by atoms with Crippen LogP contribution < -0.4 is 30.7 Å². The summed E-state index contributed by atoms with van der Waals surface area (Å²) in [6.07, 6.45) is 1.50. The molecule has 38 heavy (non-hydrogen) atoms. The molecule has 0 fully saturated rings. The number of anilines is 2. The predicted octanol–water partition coefficient (Wildman–Crippen LogP) is 1.16. The predicted molar refractivity (Wildman–Crippen MR) is 147 cm³/mol. The van der Waals surface area contributed by atoms with E-state index in [0.29, 0.717) is 22.5 Å². The van der Waals surface area contributed by atoms with Crippen LogP contribution in [0.2, 0.25) is 0 Å². The molecule has 3 rings (SSSR count). The normalized spacial score (nSPS) is 11.9. The lowest BCUT2D eigenvalue weighted by molar-refractivity contribution is -0.117. The molecule has 0 unspecified atom stereocenters. The number of hydrogen-bond acceptors (Lipinski definition) is 8. The molecule has 3 N–H and O–H groups in total. The summed E-state index contributed by atoms with van der Waals surface area (Å²) in [5.41, 5.74) is 1.76. The summed E-state index contributed by atoms with van der Waals surface area (Å²) in [5, 5.41) is 26.4. The van der Waals surface area contributed by atoms with Crippen LogP contribution >= 0.6 is 11.3 Å². The average molecular weight is 530 g/mol. The topological polar surface area (TPSA) is 143 Å². The number of carbonyl (C=O) groups is 2. The van der Waals surface area contributed by atoms with Crippen molar-refractivity contribution in [1.82, 2.24) is 14.8 Å². The van der Waals surface area contributed by atoms with E-state index in [1.165, 1.54) is 10.8 Å². The third-order valence-electron chi connectivity index (χ3n) is 5.33. The molecule has 1 aromatic heterocycles. The number of amides is 2. The summed E-state index contributed by atoms with van der Waals surface area (Å²) in [6.45, 7) is 2.61. The summed E-state index contributed by atoms with van der Waals surface area (Å²) < 4.78 is 1.84. The van der Waals surface area contributed by atoms with Crippen molar-refractivity contribution >= 4 is 46.3 Å². The molecule has 0 saturated heterocycles. The molecule has 0 saturated carbocycles. The Labute approximate surface area is 223 Å². The highest BCUT2D eigenvalue weighted by Gasteiger charge is 2.15. The molecule has 10 nitrogen and oxygen atoms in total. The highest BCUT2D eigenvalue weighted by molar-refractivity contribution is 7.07. The van der Waals surface area contributed by atoms with Gasteiger partial charge in [0.05, 0.1) is 12.6 Å². The molecule has 0 aliphatic heterocycles. The first-order chi connectivity index (χ1) is 18.4. The second-order valence-electron chi connectivity index (χ2n) is 8.22. The van der Waals surface area contributed by atoms with Gasteiger partial charge in [0.2, 0.25) is 5.91 Å². The molecule has 0 aliphatic carbocycles. The molecular formula is C27H27N7O3S. The van der Waals surface area contributed by atoms with Crippen LogP contribution in [0, 0.1) is 22.7 Å². The average Bonchev–Trinajstić information content (AvgIpc) is 3.21. The van der Waals surface area contributed by atoms with Crippen LogP contribution in [0.5, 0.6) is 0 Å². The van der Waals surface area contributed by atoms with Gasteiger partial charge in [-0.1, -0.05) is 36.4 Å². The van der Waals surface area contributed by atoms with Crippen LogP contribution in [0.25, 0.3) is 11.8 Å². The maximum Gasteiger partial charge on any atom is 0.270 e. The SMILES string of the molecule is CCn1c(=O)/c(=C\Nc2cccc(NC(=O)CN(C)Cc3ccccc3)c2)s/c1=C(/C#N)C(=O)NCC#N. The van der Waals surface area contributed by atoms with Gasteiger partial charge in [0.15, 0.2) is 5.57 Å². The second kappa shape index (κ2) is 13.6. The Morgan fingerprint density at radius 2 is 1.84 bits per heavy atom. The highest BCUT2D eigenvalue weighted by atomic mass is 32.1. The standard InChI is InChI=1S/C27H27N7O3S/c1-3-34-26(37)23(38-27(34)22(15-29)25(36)30-13-12-28)16-31-20-10-7-11-21(14-20)32-24(35)18-33(2)17-19-8-5-4-6-9-19/h4-11,14,16,31H,3,13,17-18H2,1-2H3,(H,30,36)(H,32,35)/b23-16+,27-22-. The Bertz CT molecular complexity index is 1560. The lowest BCUT2D eigenvalue weighted by atomic mass is 10.2. The Morgan fingerprint density at radius 3 is 2.53 bits per heavy atom. The van der Waals surface area contributed by atoms with Crippen molar-refractivity contribution in [2.45, 2.75) is 20.0 Å². The van der Waals surface area contributed by atoms with Crippen molar-refractivity contribution in [2.75, 3.05) is 30.8 Å². The molecule has 0 radical (unpaired) electrons. The van der Waals surface area contributed by atoms with Gasteiger partial charge in [-0.3, -0.25) is 23.9 Å². The van der Waals surface area contributed by atoms with Crippen molar-refractivity contribution in [2.24, 2.45) is 0 Å². The molecule has 194 valence electrons. The number of thiazole rings is 1. The zero-order valence-corrected chi connectivity index (χ0v) is 21.8. The van der Waals surface area contributed by atoms with E-state index in [0.717, 1.165) is 16.9 Å². The van der Waals surface area contributed by atoms with Crippen molar-refractivity contribution < 1.29 is 9.59 Å². The quantitative estimate of drug-likeness (QED) is 0.335. The number of carbonyl (C=O) groups excluding carboxylic acids is 2. The van der Waals surface area contributed by atoms with E-state index in [1.807, 2.05) is 48.3 Å². The largest absolute Gasteiger partial charge is 0.360 e. The van der Waals surface area contributed by atoms with E-state index in [4.69, 9.17) is 5.26 Å². The summed E-state index contributed by atoms with van der Waals surface area (Å²) >= 11 is 1.00. The Hall–Kier alpha value is -4.71. The molecule has 0 atom stereocenters. The summed E-state index contributed by atoms with van der Waals surface area (Å²) in [5.74, 6) is -0.873. The molecule has 3 aromatic rings. The van der Waals surface area contributed by atoms with Crippen molar-refractivity contribution in [3.05, 3.63) is 79.7 Å². The van der Waals surface area contributed by atoms with Gasteiger partial charge >= 0.3 is 0 Å². The number of hydrogen-bond donors (Lipinski definition) is 3. The minimum Gasteiger partial charge on any atom is -0.360 e. The van der Waals surface area contributed by atoms with E-state index in [2.05, 4.69) is 16.0 Å². The van der Waals surface area contributed by atoms with E-state index in [-0.39, 0.29) is 41.3 Å². The van der Waals surface area contributed by atoms with E-state index >= 15 is 0 Å². The Kier molecular flexibility index (Phi) is 9.94. The number of aromatic nitrogens is 1. The fourth-order valence-electron chi connectivity index (χ4n) is 3.63. The number of nitrogens with one attached hydrogen (secondary N) is 3. The summed E-state index contributed by atoms with van der Waals surface area (Å²) in [6, 6.07) is 20.6. The van der Waals surface area contributed by atoms with Crippen LogP contribution in [-0.4, -0.2) is 41.4 Å². The number of likely N-dealkylation sites (N-methyl/N-ethyl adjacent to an activating group) is 1. The molecule has 2 amide bonds. The summed E-state index contributed by atoms with van der Waals surface area (Å²) in [7, 11) is 1.88. The fraction of sp³-hybridized carbons (Fsp3) is 0.222. The Balaban J connectivity index is 1.75. The van der Waals surface area contributed by atoms with Gasteiger partial charge in [-0.05, 0) is 37.7 Å². The zero-order valence-electron chi connectivity index (χ0n) is 21.0. The molecular weight excluding hydrogens is 502 g/mol. The molecule has 0 aliphatic rings. The first kappa shape index (κ1) is 27.9. The van der Waals surface area contributed by atoms with Gasteiger partial charge in [-0.15, -0.1) is 11.3 Å². The van der Waals surface area contributed by atoms with Crippen molar-refractivity contribution in [3.8, 4) is 12.1 Å². The van der Waals surface area contributed by atoms with Crippen LogP contribution in [0.4, 0.5) is 11.4 Å².